The first-order valence-electron chi connectivity index (χ1n) is 6.48. The average molecular weight is 241 g/mol. The van der Waals surface area contributed by atoms with E-state index in [-0.39, 0.29) is 0 Å². The molecule has 92 valence electrons. The molecule has 1 aliphatic carbocycles. The van der Waals surface area contributed by atoms with Gasteiger partial charge in [0.1, 0.15) is 0 Å². The first kappa shape index (κ1) is 12.3. The van der Waals surface area contributed by atoms with E-state index in [2.05, 4.69) is 17.2 Å². The molecule has 1 heterocycles. The Balaban J connectivity index is 1.93. The van der Waals surface area contributed by atoms with Gasteiger partial charge in [-0.1, -0.05) is 25.3 Å². The van der Waals surface area contributed by atoms with E-state index in [1.165, 1.54) is 37.1 Å². The van der Waals surface area contributed by atoms with Crippen LogP contribution in [0.2, 0.25) is 0 Å². The zero-order chi connectivity index (χ0) is 11.2. The van der Waals surface area contributed by atoms with Gasteiger partial charge in [0.25, 0.3) is 0 Å². The molecule has 1 aliphatic heterocycles. The fourth-order valence-electron chi connectivity index (χ4n) is 2.59. The van der Waals surface area contributed by atoms with E-state index in [1.807, 2.05) is 11.8 Å². The van der Waals surface area contributed by atoms with Gasteiger partial charge in [-0.15, -0.1) is 11.8 Å². The van der Waals surface area contributed by atoms with Crippen molar-refractivity contribution in [2.75, 3.05) is 32.6 Å². The summed E-state index contributed by atoms with van der Waals surface area (Å²) in [5.74, 6) is 0.832. The van der Waals surface area contributed by atoms with Crippen LogP contribution in [0.1, 0.15) is 32.1 Å². The molecule has 0 amide bonds. The van der Waals surface area contributed by atoms with Crippen molar-refractivity contribution >= 4 is 11.8 Å². The highest BCUT2D eigenvalue weighted by Crippen LogP contribution is 2.29. The van der Waals surface area contributed by atoms with E-state index in [1.54, 1.807) is 0 Å². The summed E-state index contributed by atoms with van der Waals surface area (Å²) in [4.78, 5) is 2.49. The Morgan fingerprint density at radius 3 is 2.50 bits per heavy atom. The predicted molar refractivity (Wildman–Crippen MR) is 70.6 cm³/mol. The molecule has 0 spiro atoms. The second-order valence-electron chi connectivity index (χ2n) is 4.71. The zero-order valence-corrected chi connectivity index (χ0v) is 11.1. The molecule has 0 N–H and O–H groups in total. The SMILES string of the molecule is CS/C(=C\C1CCCCC1)N1CCOCC1. The fraction of sp³-hybridized carbons (Fsp3) is 0.846. The van der Waals surface area contributed by atoms with E-state index < -0.39 is 0 Å². The van der Waals surface area contributed by atoms with E-state index in [0.717, 1.165) is 32.2 Å². The van der Waals surface area contributed by atoms with Crippen LogP contribution in [-0.2, 0) is 4.74 Å². The van der Waals surface area contributed by atoms with Crippen molar-refractivity contribution in [1.82, 2.24) is 4.90 Å². The Bertz CT molecular complexity index is 230. The molecule has 0 atom stereocenters. The quantitative estimate of drug-likeness (QED) is 0.753. The van der Waals surface area contributed by atoms with E-state index in [0.29, 0.717) is 0 Å². The summed E-state index contributed by atoms with van der Waals surface area (Å²) in [6.07, 6.45) is 11.8. The lowest BCUT2D eigenvalue weighted by Gasteiger charge is -2.31. The molecular weight excluding hydrogens is 218 g/mol. The zero-order valence-electron chi connectivity index (χ0n) is 10.3. The lowest BCUT2D eigenvalue weighted by atomic mass is 9.89. The van der Waals surface area contributed by atoms with Crippen LogP contribution in [0.25, 0.3) is 0 Å². The lowest BCUT2D eigenvalue weighted by molar-refractivity contribution is 0.0573. The van der Waals surface area contributed by atoms with Gasteiger partial charge in [0.05, 0.1) is 18.2 Å². The minimum atomic E-state index is 0.832. The molecule has 2 fully saturated rings. The number of nitrogens with zero attached hydrogens (tertiary/aromatic N) is 1. The third-order valence-corrected chi connectivity index (χ3v) is 4.37. The molecule has 0 unspecified atom stereocenters. The highest BCUT2D eigenvalue weighted by atomic mass is 32.2. The minimum Gasteiger partial charge on any atom is -0.378 e. The van der Waals surface area contributed by atoms with Crippen molar-refractivity contribution in [3.8, 4) is 0 Å². The van der Waals surface area contributed by atoms with E-state index >= 15 is 0 Å². The number of hydrogen-bond acceptors (Lipinski definition) is 3. The molecule has 0 aromatic heterocycles. The van der Waals surface area contributed by atoms with Gasteiger partial charge in [-0.2, -0.15) is 0 Å². The second-order valence-corrected chi connectivity index (χ2v) is 5.53. The number of allylic oxidation sites excluding steroid dienone is 1. The van der Waals surface area contributed by atoms with Crippen LogP contribution in [0.4, 0.5) is 0 Å². The maximum absolute atomic E-state index is 5.41. The van der Waals surface area contributed by atoms with E-state index in [4.69, 9.17) is 4.74 Å². The van der Waals surface area contributed by atoms with Gasteiger partial charge >= 0.3 is 0 Å². The molecule has 0 aromatic rings. The fourth-order valence-corrected chi connectivity index (χ4v) is 3.36. The summed E-state index contributed by atoms with van der Waals surface area (Å²) in [6, 6.07) is 0. The summed E-state index contributed by atoms with van der Waals surface area (Å²) in [7, 11) is 0. The van der Waals surface area contributed by atoms with E-state index in [9.17, 15) is 0 Å². The Kier molecular flexibility index (Phi) is 5.04. The molecule has 2 nitrogen and oxygen atoms in total. The minimum absolute atomic E-state index is 0.832. The third kappa shape index (κ3) is 3.42. The van der Waals surface area contributed by atoms with Crippen molar-refractivity contribution < 1.29 is 4.74 Å². The first-order valence-corrected chi connectivity index (χ1v) is 7.71. The van der Waals surface area contributed by atoms with Crippen LogP contribution in [0.5, 0.6) is 0 Å². The molecule has 16 heavy (non-hydrogen) atoms. The van der Waals surface area contributed by atoms with Gasteiger partial charge in [0.2, 0.25) is 0 Å². The first-order chi connectivity index (χ1) is 7.90. The third-order valence-electron chi connectivity index (χ3n) is 3.56. The van der Waals surface area contributed by atoms with Crippen molar-refractivity contribution in [2.24, 2.45) is 5.92 Å². The highest BCUT2D eigenvalue weighted by Gasteiger charge is 2.16. The summed E-state index contributed by atoms with van der Waals surface area (Å²) >= 11 is 1.90. The summed E-state index contributed by atoms with van der Waals surface area (Å²) in [5, 5.41) is 1.48. The lowest BCUT2D eigenvalue weighted by Crippen LogP contribution is -2.35. The van der Waals surface area contributed by atoms with Crippen LogP contribution < -0.4 is 0 Å². The van der Waals surface area contributed by atoms with Crippen LogP contribution in [-0.4, -0.2) is 37.5 Å². The number of rotatable bonds is 3. The monoisotopic (exact) mass is 241 g/mol. The maximum atomic E-state index is 5.41. The number of hydrogen-bond donors (Lipinski definition) is 0. The highest BCUT2D eigenvalue weighted by molar-refractivity contribution is 8.02. The Labute approximate surface area is 103 Å². The number of morpholine rings is 1. The van der Waals surface area contributed by atoms with Crippen molar-refractivity contribution in [3.63, 3.8) is 0 Å². The molecule has 2 aliphatic rings. The normalized spacial score (nSPS) is 24.8. The van der Waals surface area contributed by atoms with Gasteiger partial charge in [-0.05, 0) is 25.0 Å². The largest absolute Gasteiger partial charge is 0.378 e. The molecule has 0 aromatic carbocycles. The van der Waals surface area contributed by atoms with Gasteiger partial charge in [-0.25, -0.2) is 0 Å². The molecule has 3 heteroatoms. The van der Waals surface area contributed by atoms with Crippen LogP contribution in [0.3, 0.4) is 0 Å². The van der Waals surface area contributed by atoms with Gasteiger partial charge in [0, 0.05) is 13.1 Å². The van der Waals surface area contributed by atoms with Gasteiger partial charge in [-0.3, -0.25) is 0 Å². The molecule has 0 radical (unpaired) electrons. The molecule has 2 rings (SSSR count). The van der Waals surface area contributed by atoms with Gasteiger partial charge < -0.3 is 9.64 Å². The summed E-state index contributed by atoms with van der Waals surface area (Å²) < 4.78 is 5.41. The summed E-state index contributed by atoms with van der Waals surface area (Å²) in [6.45, 7) is 3.92. The molecule has 0 bridgehead atoms. The van der Waals surface area contributed by atoms with Crippen molar-refractivity contribution in [1.29, 1.82) is 0 Å². The molecular formula is C13H23NOS. The molecule has 1 saturated heterocycles. The smallest absolute Gasteiger partial charge is 0.0668 e. The van der Waals surface area contributed by atoms with Crippen molar-refractivity contribution in [3.05, 3.63) is 11.1 Å². The topological polar surface area (TPSA) is 12.5 Å². The number of ether oxygens (including phenoxy) is 1. The standard InChI is InChI=1S/C13H23NOS/c1-16-13(14-7-9-15-10-8-14)11-12-5-3-2-4-6-12/h11-12H,2-10H2,1H3/b13-11-. The van der Waals surface area contributed by atoms with Crippen molar-refractivity contribution in [2.45, 2.75) is 32.1 Å². The number of thioether (sulfide) groups is 1. The summed E-state index contributed by atoms with van der Waals surface area (Å²) in [5.41, 5.74) is 0. The van der Waals surface area contributed by atoms with Crippen LogP contribution in [0, 0.1) is 5.92 Å². The Morgan fingerprint density at radius 2 is 1.88 bits per heavy atom. The van der Waals surface area contributed by atoms with Crippen LogP contribution in [0.15, 0.2) is 11.1 Å². The Hall–Kier alpha value is -0.150. The Morgan fingerprint density at radius 1 is 1.19 bits per heavy atom. The predicted octanol–water partition coefficient (Wildman–Crippen LogP) is 3.10. The van der Waals surface area contributed by atoms with Crippen LogP contribution >= 0.6 is 11.8 Å². The second kappa shape index (κ2) is 6.55. The average Bonchev–Trinajstić information content (AvgIpc) is 2.38. The van der Waals surface area contributed by atoms with Gasteiger partial charge in [0.15, 0.2) is 0 Å². The molecule has 1 saturated carbocycles. The maximum Gasteiger partial charge on any atom is 0.0668 e.